The van der Waals surface area contributed by atoms with Crippen molar-refractivity contribution < 1.29 is 9.32 Å². The Kier molecular flexibility index (Phi) is 4.02. The van der Waals surface area contributed by atoms with Gasteiger partial charge in [0.2, 0.25) is 11.8 Å². The van der Waals surface area contributed by atoms with E-state index in [-0.39, 0.29) is 17.9 Å². The summed E-state index contributed by atoms with van der Waals surface area (Å²) in [7, 11) is 0. The third kappa shape index (κ3) is 2.92. The van der Waals surface area contributed by atoms with E-state index in [0.29, 0.717) is 12.4 Å². The van der Waals surface area contributed by atoms with E-state index >= 15 is 0 Å². The van der Waals surface area contributed by atoms with Crippen LogP contribution >= 0.6 is 0 Å². The molecule has 6 heteroatoms. The third-order valence-electron chi connectivity index (χ3n) is 4.20. The topological polar surface area (TPSA) is 63.3 Å². The molecule has 0 radical (unpaired) electrons. The molecule has 0 bridgehead atoms. The van der Waals surface area contributed by atoms with Gasteiger partial charge in [0, 0.05) is 37.1 Å². The molecule has 0 saturated carbocycles. The summed E-state index contributed by atoms with van der Waals surface area (Å²) in [5.74, 6) is 0.629. The van der Waals surface area contributed by atoms with E-state index in [2.05, 4.69) is 45.2 Å². The number of rotatable bonds is 4. The molecule has 2 aromatic heterocycles. The largest absolute Gasteiger partial charge is 0.349 e. The Morgan fingerprint density at radius 3 is 3.05 bits per heavy atom. The van der Waals surface area contributed by atoms with Crippen LogP contribution in [0.25, 0.3) is 0 Å². The molecular weight excluding hydrogens is 280 g/mol. The van der Waals surface area contributed by atoms with Crippen molar-refractivity contribution in [2.45, 2.75) is 39.3 Å². The van der Waals surface area contributed by atoms with Gasteiger partial charge in [-0.15, -0.1) is 0 Å². The zero-order valence-electron chi connectivity index (χ0n) is 13.2. The molecule has 1 aliphatic heterocycles. The number of nitrogens with one attached hydrogen (secondary N) is 1. The van der Waals surface area contributed by atoms with Crippen molar-refractivity contribution in [3.8, 4) is 0 Å². The molecule has 3 rings (SSSR count). The Labute approximate surface area is 130 Å². The van der Waals surface area contributed by atoms with Crippen molar-refractivity contribution in [3.05, 3.63) is 35.8 Å². The van der Waals surface area contributed by atoms with Crippen LogP contribution in [0.5, 0.6) is 0 Å². The average Bonchev–Trinajstić information content (AvgIpc) is 3.11. The summed E-state index contributed by atoms with van der Waals surface area (Å²) < 4.78 is 7.39. The Bertz CT molecular complexity index is 659. The minimum absolute atomic E-state index is 0.0710. The minimum atomic E-state index is -0.0710. The molecule has 1 amide bonds. The number of carbonyl (C=O) groups excluding carboxylic acids is 1. The number of anilines is 1. The maximum atomic E-state index is 12.2. The van der Waals surface area contributed by atoms with Crippen molar-refractivity contribution in [2.24, 2.45) is 0 Å². The fourth-order valence-electron chi connectivity index (χ4n) is 2.82. The van der Waals surface area contributed by atoms with Gasteiger partial charge in [0.25, 0.3) is 0 Å². The van der Waals surface area contributed by atoms with E-state index in [9.17, 15) is 4.79 Å². The molecule has 1 unspecified atom stereocenters. The molecule has 0 aliphatic carbocycles. The van der Waals surface area contributed by atoms with E-state index < -0.39 is 0 Å². The number of fused-ring (bicyclic) bond motifs is 1. The smallest absolute Gasteiger partial charge is 0.240 e. The first-order valence-electron chi connectivity index (χ1n) is 7.70. The summed E-state index contributed by atoms with van der Waals surface area (Å²) in [6.07, 6.45) is 2.09. The number of hydrogen-bond donors (Lipinski definition) is 1. The lowest BCUT2D eigenvalue weighted by molar-refractivity contribution is -0.118. The number of amides is 1. The number of hydrogen-bond acceptors (Lipinski definition) is 4. The van der Waals surface area contributed by atoms with Gasteiger partial charge in [-0.1, -0.05) is 19.0 Å². The molecule has 0 saturated heterocycles. The quantitative estimate of drug-likeness (QED) is 0.943. The highest BCUT2D eigenvalue weighted by Crippen LogP contribution is 2.25. The first-order chi connectivity index (χ1) is 10.5. The molecule has 22 heavy (non-hydrogen) atoms. The Hall–Kier alpha value is -2.08. The van der Waals surface area contributed by atoms with Crippen molar-refractivity contribution in [1.82, 2.24) is 14.6 Å². The van der Waals surface area contributed by atoms with Crippen LogP contribution in [0.3, 0.4) is 0 Å². The normalized spacial score (nSPS) is 18.5. The lowest BCUT2D eigenvalue weighted by Gasteiger charge is -2.34. The van der Waals surface area contributed by atoms with Gasteiger partial charge < -0.3 is 9.09 Å². The highest BCUT2D eigenvalue weighted by atomic mass is 16.5. The van der Waals surface area contributed by atoms with E-state index in [0.717, 1.165) is 18.8 Å². The van der Waals surface area contributed by atoms with Crippen LogP contribution in [0.2, 0.25) is 0 Å². The number of nitrogens with zero attached hydrogens (tertiary/aromatic N) is 3. The van der Waals surface area contributed by atoms with Crippen LogP contribution < -0.4 is 5.32 Å². The summed E-state index contributed by atoms with van der Waals surface area (Å²) in [5, 5.41) is 6.73. The molecule has 1 atom stereocenters. The first-order valence-corrected chi connectivity index (χ1v) is 7.70. The summed E-state index contributed by atoms with van der Waals surface area (Å²) in [6.45, 7) is 8.33. The van der Waals surface area contributed by atoms with E-state index in [1.54, 1.807) is 6.07 Å². The highest BCUT2D eigenvalue weighted by molar-refractivity contribution is 5.91. The number of carbonyl (C=O) groups is 1. The van der Waals surface area contributed by atoms with Gasteiger partial charge in [0.15, 0.2) is 0 Å². The molecule has 0 spiro atoms. The van der Waals surface area contributed by atoms with Gasteiger partial charge in [-0.3, -0.25) is 15.0 Å². The zero-order valence-corrected chi connectivity index (χ0v) is 13.2. The fraction of sp³-hybridized carbons (Fsp3) is 0.500. The van der Waals surface area contributed by atoms with Crippen molar-refractivity contribution in [1.29, 1.82) is 0 Å². The monoisotopic (exact) mass is 302 g/mol. The van der Waals surface area contributed by atoms with E-state index in [1.807, 2.05) is 13.8 Å². The SMILES string of the molecule is CC(C)c1cc(NC(=O)CN2CCn3cccc3C2C)on1. The average molecular weight is 302 g/mol. The van der Waals surface area contributed by atoms with E-state index in [1.165, 1.54) is 5.69 Å². The van der Waals surface area contributed by atoms with E-state index in [4.69, 9.17) is 4.52 Å². The molecule has 0 fully saturated rings. The van der Waals surface area contributed by atoms with Crippen molar-refractivity contribution in [3.63, 3.8) is 0 Å². The summed E-state index contributed by atoms with van der Waals surface area (Å²) in [6, 6.07) is 6.18. The number of aromatic nitrogens is 2. The summed E-state index contributed by atoms with van der Waals surface area (Å²) in [5.41, 5.74) is 2.10. The second-order valence-electron chi connectivity index (χ2n) is 6.09. The van der Waals surface area contributed by atoms with Gasteiger partial charge >= 0.3 is 0 Å². The van der Waals surface area contributed by atoms with Crippen LogP contribution in [0.1, 0.15) is 44.1 Å². The molecule has 1 aliphatic rings. The van der Waals surface area contributed by atoms with Crippen LogP contribution in [0, 0.1) is 0 Å². The predicted molar refractivity (Wildman–Crippen MR) is 83.6 cm³/mol. The molecule has 1 N–H and O–H groups in total. The molecule has 6 nitrogen and oxygen atoms in total. The van der Waals surface area contributed by atoms with Crippen LogP contribution in [-0.2, 0) is 11.3 Å². The van der Waals surface area contributed by atoms with Crippen molar-refractivity contribution >= 4 is 11.8 Å². The molecule has 0 aromatic carbocycles. The Morgan fingerprint density at radius 1 is 1.50 bits per heavy atom. The lowest BCUT2D eigenvalue weighted by Crippen LogP contribution is -2.41. The summed E-state index contributed by atoms with van der Waals surface area (Å²) >= 11 is 0. The highest BCUT2D eigenvalue weighted by Gasteiger charge is 2.25. The van der Waals surface area contributed by atoms with Crippen LogP contribution in [-0.4, -0.2) is 33.6 Å². The summed E-state index contributed by atoms with van der Waals surface area (Å²) in [4.78, 5) is 14.4. The predicted octanol–water partition coefficient (Wildman–Crippen LogP) is 2.61. The molecule has 2 aromatic rings. The molecule has 3 heterocycles. The molecular formula is C16H22N4O2. The maximum Gasteiger partial charge on any atom is 0.240 e. The maximum absolute atomic E-state index is 12.2. The second-order valence-corrected chi connectivity index (χ2v) is 6.09. The molecule has 118 valence electrons. The third-order valence-corrected chi connectivity index (χ3v) is 4.20. The van der Waals surface area contributed by atoms with Crippen molar-refractivity contribution in [2.75, 3.05) is 18.4 Å². The second kappa shape index (κ2) is 5.96. The van der Waals surface area contributed by atoms with Crippen LogP contribution in [0.4, 0.5) is 5.88 Å². The first kappa shape index (κ1) is 14.8. The van der Waals surface area contributed by atoms with Gasteiger partial charge in [-0.2, -0.15) is 0 Å². The zero-order chi connectivity index (χ0) is 15.7. The van der Waals surface area contributed by atoms with Crippen LogP contribution in [0.15, 0.2) is 28.9 Å². The minimum Gasteiger partial charge on any atom is -0.349 e. The van der Waals surface area contributed by atoms with Gasteiger partial charge in [0.05, 0.1) is 12.2 Å². The van der Waals surface area contributed by atoms with Gasteiger partial charge in [-0.25, -0.2) is 0 Å². The lowest BCUT2D eigenvalue weighted by atomic mass is 10.1. The van der Waals surface area contributed by atoms with Gasteiger partial charge in [-0.05, 0) is 25.0 Å². The van der Waals surface area contributed by atoms with Gasteiger partial charge in [0.1, 0.15) is 0 Å². The fourth-order valence-corrected chi connectivity index (χ4v) is 2.82. The standard InChI is InChI=1S/C16H22N4O2/c1-11(2)13-9-16(22-18-13)17-15(21)10-20-8-7-19-6-4-5-14(19)12(20)3/h4-6,9,11-12H,7-8,10H2,1-3H3,(H,17,21). The Balaban J connectivity index is 1.60. The Morgan fingerprint density at radius 2 is 2.32 bits per heavy atom.